The van der Waals surface area contributed by atoms with Gasteiger partial charge in [0.15, 0.2) is 0 Å². The molecule has 10 heteroatoms. The number of carbonyl (C=O) groups excluding carboxylic acids is 1. The number of hydrogen-bond donors (Lipinski definition) is 2. The summed E-state index contributed by atoms with van der Waals surface area (Å²) in [5.74, 6) is -2.45. The van der Waals surface area contributed by atoms with Gasteiger partial charge in [-0.25, -0.2) is 0 Å². The number of nitrogens with zero attached hydrogens (tertiary/aromatic N) is 4. The second-order valence-electron chi connectivity index (χ2n) is 1.41. The fourth-order valence-electron chi connectivity index (χ4n) is 0.214. The Kier molecular flexibility index (Phi) is 3.14. The zero-order valence-electron chi connectivity index (χ0n) is 5.28. The van der Waals surface area contributed by atoms with Crippen LogP contribution >= 0.6 is 0 Å². The summed E-state index contributed by atoms with van der Waals surface area (Å²) < 4.78 is 34.1. The summed E-state index contributed by atoms with van der Waals surface area (Å²) in [6, 6.07) is 0. The number of carbonyl (C=O) groups is 1. The topological polar surface area (TPSA) is 101 Å². The second-order valence-corrected chi connectivity index (χ2v) is 1.41. The van der Waals surface area contributed by atoms with Crippen molar-refractivity contribution in [3.8, 4) is 0 Å². The summed E-state index contributed by atoms with van der Waals surface area (Å²) in [7, 11) is 0. The largest absolute Gasteiger partial charge is 0.474 e. The lowest BCUT2D eigenvalue weighted by atomic mass is 10.6. The van der Waals surface area contributed by atoms with Crippen LogP contribution in [0.1, 0.15) is 0 Å². The molecule has 0 spiro atoms. The van der Waals surface area contributed by atoms with Gasteiger partial charge in [-0.3, -0.25) is 4.79 Å². The van der Waals surface area contributed by atoms with Crippen molar-refractivity contribution in [1.82, 2.24) is 10.7 Å². The van der Waals surface area contributed by atoms with E-state index in [9.17, 15) is 18.0 Å². The van der Waals surface area contributed by atoms with Crippen molar-refractivity contribution < 1.29 is 23.2 Å². The van der Waals surface area contributed by atoms with Gasteiger partial charge in [0.25, 0.3) is 0 Å². The summed E-state index contributed by atoms with van der Waals surface area (Å²) in [5, 5.41) is 9.69. The van der Waals surface area contributed by atoms with Gasteiger partial charge in [0.1, 0.15) is 0 Å². The van der Waals surface area contributed by atoms with Crippen LogP contribution in [0.4, 0.5) is 13.2 Å². The molecule has 0 aromatic rings. The van der Waals surface area contributed by atoms with E-state index in [1.807, 2.05) is 4.91 Å². The van der Waals surface area contributed by atoms with Gasteiger partial charge >= 0.3 is 12.1 Å². The number of hydrogen-bond acceptors (Lipinski definition) is 3. The molecule has 0 aromatic heterocycles. The molecule has 0 aliphatic carbocycles. The molecule has 0 saturated heterocycles. The predicted molar refractivity (Wildman–Crippen MR) is 27.0 cm³/mol. The number of hydrazine groups is 1. The number of rotatable bonds is 2. The van der Waals surface area contributed by atoms with E-state index < -0.39 is 17.4 Å². The van der Waals surface area contributed by atoms with Crippen LogP contribution < -0.4 is 5.43 Å². The highest BCUT2D eigenvalue weighted by Crippen LogP contribution is 2.13. The van der Waals surface area contributed by atoms with Crippen LogP contribution in [-0.2, 0) is 4.79 Å². The van der Waals surface area contributed by atoms with Gasteiger partial charge < -0.3 is 0 Å². The van der Waals surface area contributed by atoms with E-state index in [4.69, 9.17) is 10.7 Å². The normalized spacial score (nSPS) is 10.0. The van der Waals surface area contributed by atoms with E-state index in [1.54, 1.807) is 0 Å². The molecule has 7 nitrogen and oxygen atoms in total. The molecule has 1 amide bonds. The van der Waals surface area contributed by atoms with E-state index in [1.165, 1.54) is 0 Å². The number of nitrogens with one attached hydrogen (secondary N) is 1. The van der Waals surface area contributed by atoms with Crippen LogP contribution in [0, 0.1) is 0 Å². The maximum atomic E-state index is 11.4. The van der Waals surface area contributed by atoms with Crippen LogP contribution in [0.15, 0.2) is 5.22 Å². The molecule has 12 heavy (non-hydrogen) atoms. The number of azide groups is 1. The lowest BCUT2D eigenvalue weighted by Crippen LogP contribution is -2.43. The summed E-state index contributed by atoms with van der Waals surface area (Å²) in [6.45, 7) is 0. The molecule has 68 valence electrons. The average Bonchev–Trinajstić information content (AvgIpc) is 1.85. The zero-order chi connectivity index (χ0) is 9.78. The molecular weight excluding hydrogens is 183 g/mol. The maximum absolute atomic E-state index is 11.4. The van der Waals surface area contributed by atoms with Gasteiger partial charge in [-0.2, -0.15) is 28.7 Å². The summed E-state index contributed by atoms with van der Waals surface area (Å²) >= 11 is 0. The second kappa shape index (κ2) is 3.64. The van der Waals surface area contributed by atoms with Gasteiger partial charge in [0, 0.05) is 10.5 Å². The molecule has 0 radical (unpaired) electrons. The Morgan fingerprint density at radius 2 is 2.17 bits per heavy atom. The van der Waals surface area contributed by atoms with Gasteiger partial charge in [0.05, 0.1) is 0 Å². The summed E-state index contributed by atoms with van der Waals surface area (Å²) in [4.78, 5) is 11.8. The standard InChI is InChI=1S/C2H2F3N5O2/c3-2(4,5)1(11)7-10(12)9-8-6/h12H,(H,7,11). The van der Waals surface area contributed by atoms with Crippen LogP contribution in [-0.4, -0.2) is 22.6 Å². The van der Waals surface area contributed by atoms with Crippen molar-refractivity contribution in [2.24, 2.45) is 5.22 Å². The highest BCUT2D eigenvalue weighted by Gasteiger charge is 2.40. The van der Waals surface area contributed by atoms with E-state index >= 15 is 0 Å². The van der Waals surface area contributed by atoms with Crippen LogP contribution in [0.2, 0.25) is 0 Å². The van der Waals surface area contributed by atoms with Crippen LogP contribution in [0.5, 0.6) is 0 Å². The molecule has 0 aliphatic heterocycles. The monoisotopic (exact) mass is 185 g/mol. The van der Waals surface area contributed by atoms with Gasteiger partial charge in [-0.15, -0.1) is 5.53 Å². The Bertz CT molecular complexity index is 219. The molecule has 0 rings (SSSR count). The molecule has 0 aliphatic rings. The first-order valence-corrected chi connectivity index (χ1v) is 2.29. The maximum Gasteiger partial charge on any atom is 0.474 e. The molecular formula is C2H2F3N5O2. The number of amides is 1. The lowest BCUT2D eigenvalue weighted by molar-refractivity contribution is -0.201. The third kappa shape index (κ3) is 3.49. The Morgan fingerprint density at radius 1 is 1.67 bits per heavy atom. The highest BCUT2D eigenvalue weighted by atomic mass is 19.4. The summed E-state index contributed by atoms with van der Waals surface area (Å²) in [5.41, 5.74) is 8.40. The fraction of sp³-hybridized carbons (Fsp3) is 0.500. The third-order valence-corrected chi connectivity index (χ3v) is 0.584. The highest BCUT2D eigenvalue weighted by molar-refractivity contribution is 5.80. The molecule has 2 N–H and O–H groups in total. The molecule has 0 saturated carbocycles. The molecule has 0 bridgehead atoms. The van der Waals surface area contributed by atoms with E-state index in [2.05, 4.69) is 5.22 Å². The first kappa shape index (κ1) is 10.3. The van der Waals surface area contributed by atoms with Gasteiger partial charge in [0.2, 0.25) is 0 Å². The Balaban J connectivity index is 4.10. The van der Waals surface area contributed by atoms with Crippen molar-refractivity contribution in [3.05, 3.63) is 10.4 Å². The first-order valence-electron chi connectivity index (χ1n) is 2.29. The van der Waals surface area contributed by atoms with Crippen molar-refractivity contribution in [2.45, 2.75) is 6.18 Å². The minimum Gasteiger partial charge on any atom is -0.261 e. The SMILES string of the molecule is [N-]=[N+]=NN(O)NC(=O)C(F)(F)F. The van der Waals surface area contributed by atoms with Crippen molar-refractivity contribution in [3.63, 3.8) is 0 Å². The Morgan fingerprint density at radius 3 is 2.50 bits per heavy atom. The fourth-order valence-corrected chi connectivity index (χ4v) is 0.214. The van der Waals surface area contributed by atoms with Crippen LogP contribution in [0.25, 0.3) is 10.4 Å². The molecule has 0 atom stereocenters. The first-order chi connectivity index (χ1) is 5.38. The van der Waals surface area contributed by atoms with Gasteiger partial charge in [-0.05, 0) is 0 Å². The number of alkyl halides is 3. The quantitative estimate of drug-likeness (QED) is 0.283. The smallest absolute Gasteiger partial charge is 0.261 e. The third-order valence-electron chi connectivity index (χ3n) is 0.584. The zero-order valence-corrected chi connectivity index (χ0v) is 5.28. The minimum atomic E-state index is -5.15. The number of halogens is 3. The molecule has 0 heterocycles. The Hall–Kier alpha value is -1.67. The predicted octanol–water partition coefficient (Wildman–Crippen LogP) is 0.496. The van der Waals surface area contributed by atoms with E-state index in [-0.39, 0.29) is 0 Å². The summed E-state index contributed by atoms with van der Waals surface area (Å²) in [6.07, 6.45) is -5.15. The van der Waals surface area contributed by atoms with Crippen molar-refractivity contribution in [2.75, 3.05) is 0 Å². The van der Waals surface area contributed by atoms with Gasteiger partial charge in [-0.1, -0.05) is 0 Å². The Labute approximate surface area is 62.9 Å². The van der Waals surface area contributed by atoms with Crippen LogP contribution in [0.3, 0.4) is 0 Å². The molecule has 0 unspecified atom stereocenters. The van der Waals surface area contributed by atoms with Crippen molar-refractivity contribution >= 4 is 5.91 Å². The average molecular weight is 185 g/mol. The van der Waals surface area contributed by atoms with Crippen molar-refractivity contribution in [1.29, 1.82) is 0 Å². The van der Waals surface area contributed by atoms with E-state index in [0.29, 0.717) is 0 Å². The van der Waals surface area contributed by atoms with E-state index in [0.717, 1.165) is 5.43 Å². The minimum absolute atomic E-state index is 0.685. The molecule has 0 fully saturated rings. The lowest BCUT2D eigenvalue weighted by Gasteiger charge is -2.06. The molecule has 0 aromatic carbocycles.